The molecule has 0 bridgehead atoms. The van der Waals surface area contributed by atoms with Gasteiger partial charge in [-0.2, -0.15) is 0 Å². The Morgan fingerprint density at radius 2 is 1.57 bits per heavy atom. The standard InChI is InChI=1S/C17H24O6/c1-5-21-15(18)17(4,16(19)22-6-2)11-14(23-20)13-9-7-12(3)8-10-13/h7-10,14,20H,5-6,11H2,1-4H3. The summed E-state index contributed by atoms with van der Waals surface area (Å²) in [5, 5.41) is 9.23. The molecular formula is C17H24O6. The molecule has 6 heteroatoms. The van der Waals surface area contributed by atoms with E-state index < -0.39 is 23.5 Å². The Bertz CT molecular complexity index is 504. The Kier molecular flexibility index (Phi) is 7.19. The normalized spacial score (nSPS) is 12.6. The molecule has 1 aromatic rings. The predicted molar refractivity (Wildman–Crippen MR) is 83.6 cm³/mol. The number of carbonyl (C=O) groups excluding carboxylic acids is 2. The molecule has 1 atom stereocenters. The average Bonchev–Trinajstić information content (AvgIpc) is 2.53. The monoisotopic (exact) mass is 324 g/mol. The number of esters is 2. The smallest absolute Gasteiger partial charge is 0.323 e. The van der Waals surface area contributed by atoms with Gasteiger partial charge in [-0.25, -0.2) is 4.89 Å². The molecule has 0 saturated heterocycles. The highest BCUT2D eigenvalue weighted by Gasteiger charge is 2.46. The van der Waals surface area contributed by atoms with Crippen LogP contribution in [0.2, 0.25) is 0 Å². The number of ether oxygens (including phenoxy) is 2. The zero-order chi connectivity index (χ0) is 17.5. The van der Waals surface area contributed by atoms with E-state index in [2.05, 4.69) is 4.89 Å². The summed E-state index contributed by atoms with van der Waals surface area (Å²) in [5.74, 6) is -1.40. The van der Waals surface area contributed by atoms with E-state index in [1.165, 1.54) is 6.92 Å². The topological polar surface area (TPSA) is 82.1 Å². The van der Waals surface area contributed by atoms with Crippen molar-refractivity contribution in [1.82, 2.24) is 0 Å². The molecule has 128 valence electrons. The van der Waals surface area contributed by atoms with Gasteiger partial charge >= 0.3 is 11.9 Å². The van der Waals surface area contributed by atoms with E-state index in [0.717, 1.165) is 5.56 Å². The van der Waals surface area contributed by atoms with Crippen LogP contribution in [-0.2, 0) is 24.0 Å². The molecule has 1 N–H and O–H groups in total. The first-order chi connectivity index (χ1) is 10.9. The minimum Gasteiger partial charge on any atom is -0.465 e. The van der Waals surface area contributed by atoms with Crippen LogP contribution in [-0.4, -0.2) is 30.4 Å². The van der Waals surface area contributed by atoms with E-state index in [4.69, 9.17) is 9.47 Å². The van der Waals surface area contributed by atoms with Gasteiger partial charge in [0.2, 0.25) is 0 Å². The van der Waals surface area contributed by atoms with E-state index >= 15 is 0 Å². The highest BCUT2D eigenvalue weighted by atomic mass is 17.1. The Morgan fingerprint density at radius 1 is 1.09 bits per heavy atom. The Balaban J connectivity index is 3.08. The molecule has 6 nitrogen and oxygen atoms in total. The quantitative estimate of drug-likeness (QED) is 0.342. The first-order valence-corrected chi connectivity index (χ1v) is 7.60. The lowest BCUT2D eigenvalue weighted by molar-refractivity contribution is -0.287. The minimum absolute atomic E-state index is 0.0930. The number of rotatable bonds is 8. The molecule has 0 radical (unpaired) electrons. The van der Waals surface area contributed by atoms with Gasteiger partial charge in [0.05, 0.1) is 13.2 Å². The van der Waals surface area contributed by atoms with Crippen LogP contribution in [0.15, 0.2) is 24.3 Å². The third kappa shape index (κ3) is 4.77. The van der Waals surface area contributed by atoms with E-state index in [1.54, 1.807) is 26.0 Å². The van der Waals surface area contributed by atoms with E-state index in [1.807, 2.05) is 19.1 Å². The minimum atomic E-state index is -1.57. The molecule has 0 spiro atoms. The van der Waals surface area contributed by atoms with Crippen LogP contribution in [0.3, 0.4) is 0 Å². The van der Waals surface area contributed by atoms with Crippen molar-refractivity contribution in [3.8, 4) is 0 Å². The summed E-state index contributed by atoms with van der Waals surface area (Å²) in [7, 11) is 0. The Labute approximate surface area is 136 Å². The lowest BCUT2D eigenvalue weighted by atomic mass is 9.82. The Hall–Kier alpha value is -1.92. The second-order valence-electron chi connectivity index (χ2n) is 5.48. The maximum absolute atomic E-state index is 12.3. The molecule has 1 aromatic carbocycles. The Morgan fingerprint density at radius 3 is 1.96 bits per heavy atom. The van der Waals surface area contributed by atoms with Crippen molar-refractivity contribution in [3.05, 3.63) is 35.4 Å². The molecule has 0 aliphatic heterocycles. The predicted octanol–water partition coefficient (Wildman–Crippen LogP) is 3.05. The fourth-order valence-corrected chi connectivity index (χ4v) is 2.20. The second-order valence-corrected chi connectivity index (χ2v) is 5.48. The largest absolute Gasteiger partial charge is 0.465 e. The van der Waals surface area contributed by atoms with Gasteiger partial charge in [0.25, 0.3) is 0 Å². The van der Waals surface area contributed by atoms with E-state index in [-0.39, 0.29) is 19.6 Å². The van der Waals surface area contributed by atoms with Gasteiger partial charge in [0.15, 0.2) is 5.41 Å². The van der Waals surface area contributed by atoms with Crippen LogP contribution in [0.25, 0.3) is 0 Å². The molecule has 0 aliphatic rings. The van der Waals surface area contributed by atoms with Gasteiger partial charge in [-0.1, -0.05) is 29.8 Å². The molecule has 0 heterocycles. The SMILES string of the molecule is CCOC(=O)C(C)(CC(OO)c1ccc(C)cc1)C(=O)OCC. The van der Waals surface area contributed by atoms with E-state index in [9.17, 15) is 14.8 Å². The summed E-state index contributed by atoms with van der Waals surface area (Å²) < 4.78 is 10.00. The summed E-state index contributed by atoms with van der Waals surface area (Å²) in [6, 6.07) is 7.25. The maximum Gasteiger partial charge on any atom is 0.323 e. The fourth-order valence-electron chi connectivity index (χ4n) is 2.20. The summed E-state index contributed by atoms with van der Waals surface area (Å²) in [6.45, 7) is 6.96. The fraction of sp³-hybridized carbons (Fsp3) is 0.529. The van der Waals surface area contributed by atoms with E-state index in [0.29, 0.717) is 5.56 Å². The first kappa shape index (κ1) is 19.1. The van der Waals surface area contributed by atoms with Gasteiger partial charge in [-0.3, -0.25) is 14.8 Å². The molecule has 0 amide bonds. The van der Waals surface area contributed by atoms with Crippen molar-refractivity contribution >= 4 is 11.9 Å². The van der Waals surface area contributed by atoms with Crippen LogP contribution >= 0.6 is 0 Å². The zero-order valence-electron chi connectivity index (χ0n) is 14.0. The number of benzene rings is 1. The number of carbonyl (C=O) groups is 2. The average molecular weight is 324 g/mol. The van der Waals surface area contributed by atoms with Gasteiger partial charge in [-0.15, -0.1) is 0 Å². The van der Waals surface area contributed by atoms with Crippen LogP contribution in [0.1, 0.15) is 44.4 Å². The van der Waals surface area contributed by atoms with Crippen LogP contribution in [0.5, 0.6) is 0 Å². The van der Waals surface area contributed by atoms with Crippen molar-refractivity contribution in [2.24, 2.45) is 5.41 Å². The summed E-state index contributed by atoms with van der Waals surface area (Å²) in [4.78, 5) is 29.0. The molecule has 23 heavy (non-hydrogen) atoms. The van der Waals surface area contributed by atoms with Crippen molar-refractivity contribution in [1.29, 1.82) is 0 Å². The maximum atomic E-state index is 12.3. The number of hydrogen-bond donors (Lipinski definition) is 1. The lowest BCUT2D eigenvalue weighted by Gasteiger charge is -2.28. The molecule has 1 unspecified atom stereocenters. The summed E-state index contributed by atoms with van der Waals surface area (Å²) in [6.07, 6.45) is -0.945. The second kappa shape index (κ2) is 8.64. The molecule has 0 fully saturated rings. The number of hydrogen-bond acceptors (Lipinski definition) is 6. The third-order valence-corrected chi connectivity index (χ3v) is 3.62. The molecule has 0 saturated carbocycles. The van der Waals surface area contributed by atoms with Crippen molar-refractivity contribution in [2.45, 2.75) is 40.2 Å². The number of aryl methyl sites for hydroxylation is 1. The molecular weight excluding hydrogens is 300 g/mol. The summed E-state index contributed by atoms with van der Waals surface area (Å²) >= 11 is 0. The van der Waals surface area contributed by atoms with Crippen molar-refractivity contribution < 1.29 is 29.2 Å². The first-order valence-electron chi connectivity index (χ1n) is 7.60. The highest BCUT2D eigenvalue weighted by molar-refractivity contribution is 5.99. The lowest BCUT2D eigenvalue weighted by Crippen LogP contribution is -2.41. The van der Waals surface area contributed by atoms with Crippen LogP contribution < -0.4 is 0 Å². The third-order valence-electron chi connectivity index (χ3n) is 3.62. The molecule has 1 rings (SSSR count). The van der Waals surface area contributed by atoms with Gasteiger partial charge in [0.1, 0.15) is 6.10 Å². The van der Waals surface area contributed by atoms with Crippen LogP contribution in [0.4, 0.5) is 0 Å². The van der Waals surface area contributed by atoms with Crippen molar-refractivity contribution in [3.63, 3.8) is 0 Å². The van der Waals surface area contributed by atoms with Crippen molar-refractivity contribution in [2.75, 3.05) is 13.2 Å². The molecule has 0 aliphatic carbocycles. The van der Waals surface area contributed by atoms with Crippen LogP contribution in [0, 0.1) is 12.3 Å². The summed E-state index contributed by atoms with van der Waals surface area (Å²) in [5.41, 5.74) is 0.131. The zero-order valence-corrected chi connectivity index (χ0v) is 14.0. The molecule has 0 aromatic heterocycles. The van der Waals surface area contributed by atoms with Gasteiger partial charge < -0.3 is 9.47 Å². The van der Waals surface area contributed by atoms with Gasteiger partial charge in [0, 0.05) is 6.42 Å². The van der Waals surface area contributed by atoms with Gasteiger partial charge in [-0.05, 0) is 33.3 Å². The highest BCUT2D eigenvalue weighted by Crippen LogP contribution is 2.35.